The molecule has 3 nitrogen and oxygen atoms in total. The van der Waals surface area contributed by atoms with E-state index in [0.717, 1.165) is 34.0 Å². The Kier molecular flexibility index (Phi) is 2.71. The Balaban J connectivity index is 1.97. The minimum Gasteiger partial charge on any atom is -0.457 e. The molecule has 0 aliphatic carbocycles. The second-order valence-corrected chi connectivity index (χ2v) is 6.01. The maximum absolute atomic E-state index is 6.20. The first-order valence-electron chi connectivity index (χ1n) is 8.05. The molecule has 0 saturated carbocycles. The molecule has 5 rings (SSSR count). The van der Waals surface area contributed by atoms with E-state index in [1.54, 1.807) is 0 Å². The molecule has 116 valence electrons. The summed E-state index contributed by atoms with van der Waals surface area (Å²) in [5.74, 6) is 1.78. The van der Waals surface area contributed by atoms with Gasteiger partial charge in [0.05, 0.1) is 0 Å². The lowest BCUT2D eigenvalue weighted by atomic mass is 9.68. The van der Waals surface area contributed by atoms with Gasteiger partial charge in [-0.3, -0.25) is 0 Å². The minimum atomic E-state index is -0.446. The quantitative estimate of drug-likeness (QED) is 0.481. The molecule has 0 radical (unpaired) electrons. The molecule has 0 amide bonds. The number of ether oxygens (including phenoxy) is 1. The number of aromatic nitrogens is 2. The van der Waals surface area contributed by atoms with Crippen molar-refractivity contribution in [1.82, 2.24) is 9.97 Å². The largest absolute Gasteiger partial charge is 0.457 e. The number of benzene rings is 2. The molecular weight excluding hydrogens is 296 g/mol. The molecule has 0 atom stereocenters. The van der Waals surface area contributed by atoms with Gasteiger partial charge in [0, 0.05) is 34.9 Å². The van der Waals surface area contributed by atoms with Gasteiger partial charge in [-0.15, -0.1) is 0 Å². The lowest BCUT2D eigenvalue weighted by Gasteiger charge is -2.39. The summed E-state index contributed by atoms with van der Waals surface area (Å²) in [4.78, 5) is 6.88. The number of aromatic amines is 2. The van der Waals surface area contributed by atoms with Gasteiger partial charge in [-0.1, -0.05) is 36.4 Å². The van der Waals surface area contributed by atoms with Gasteiger partial charge in [0.2, 0.25) is 0 Å². The normalized spacial score (nSPS) is 14.5. The number of para-hydroxylation sites is 2. The molecule has 2 aromatic carbocycles. The van der Waals surface area contributed by atoms with Gasteiger partial charge in [-0.05, 0) is 36.4 Å². The van der Waals surface area contributed by atoms with Crippen LogP contribution in [-0.2, 0) is 5.41 Å². The molecule has 0 saturated heterocycles. The zero-order chi connectivity index (χ0) is 16.0. The summed E-state index contributed by atoms with van der Waals surface area (Å²) in [6.45, 7) is 0. The van der Waals surface area contributed by atoms with Gasteiger partial charge in [-0.25, -0.2) is 0 Å². The van der Waals surface area contributed by atoms with Crippen LogP contribution in [0.25, 0.3) is 0 Å². The van der Waals surface area contributed by atoms with Crippen molar-refractivity contribution in [2.75, 3.05) is 0 Å². The zero-order valence-electron chi connectivity index (χ0n) is 13.0. The van der Waals surface area contributed by atoms with Crippen molar-refractivity contribution in [3.05, 3.63) is 108 Å². The molecule has 24 heavy (non-hydrogen) atoms. The molecule has 4 aromatic rings. The van der Waals surface area contributed by atoms with Crippen LogP contribution in [0.5, 0.6) is 11.5 Å². The maximum Gasteiger partial charge on any atom is 0.132 e. The third kappa shape index (κ3) is 1.61. The molecule has 0 unspecified atom stereocenters. The van der Waals surface area contributed by atoms with Crippen molar-refractivity contribution >= 4 is 0 Å². The summed E-state index contributed by atoms with van der Waals surface area (Å²) in [5, 5.41) is 0. The summed E-state index contributed by atoms with van der Waals surface area (Å²) < 4.78 is 6.20. The smallest absolute Gasteiger partial charge is 0.132 e. The number of fused-ring (bicyclic) bond motifs is 2. The Morgan fingerprint density at radius 3 is 1.54 bits per heavy atom. The predicted octanol–water partition coefficient (Wildman–Crippen LogP) is 4.83. The summed E-state index contributed by atoms with van der Waals surface area (Å²) in [6, 6.07) is 24.9. The SMILES string of the molecule is c1c[nH]c(C2(c3ccc[nH]3)c3ccccc3Oc3ccccc32)c1. The van der Waals surface area contributed by atoms with Crippen molar-refractivity contribution in [1.29, 1.82) is 0 Å². The minimum absolute atomic E-state index is 0.446. The van der Waals surface area contributed by atoms with Gasteiger partial charge in [0.1, 0.15) is 16.9 Å². The highest BCUT2D eigenvalue weighted by atomic mass is 16.5. The Labute approximate surface area is 139 Å². The van der Waals surface area contributed by atoms with E-state index in [1.165, 1.54) is 0 Å². The molecular formula is C21H16N2O. The van der Waals surface area contributed by atoms with Crippen LogP contribution in [0.4, 0.5) is 0 Å². The first kappa shape index (κ1) is 13.3. The van der Waals surface area contributed by atoms with Crippen LogP contribution in [0.15, 0.2) is 85.2 Å². The van der Waals surface area contributed by atoms with E-state index in [2.05, 4.69) is 46.4 Å². The number of hydrogen-bond donors (Lipinski definition) is 2. The van der Waals surface area contributed by atoms with Gasteiger partial charge < -0.3 is 14.7 Å². The maximum atomic E-state index is 6.20. The number of hydrogen-bond acceptors (Lipinski definition) is 1. The summed E-state index contributed by atoms with van der Waals surface area (Å²) >= 11 is 0. The lowest BCUT2D eigenvalue weighted by molar-refractivity contribution is 0.430. The fourth-order valence-corrected chi connectivity index (χ4v) is 3.85. The molecule has 0 fully saturated rings. The average molecular weight is 312 g/mol. The number of H-pyrrole nitrogens is 2. The van der Waals surface area contributed by atoms with E-state index in [1.807, 2.05) is 48.8 Å². The van der Waals surface area contributed by atoms with E-state index in [4.69, 9.17) is 4.74 Å². The van der Waals surface area contributed by atoms with Crippen LogP contribution < -0.4 is 4.74 Å². The predicted molar refractivity (Wildman–Crippen MR) is 93.5 cm³/mol. The standard InChI is InChI=1S/C21H16N2O/c1-3-9-17-15(7-1)21(19-11-5-13-22-19,20-12-6-14-23-20)16-8-2-4-10-18(16)24-17/h1-14,22-23H. The van der Waals surface area contributed by atoms with Crippen LogP contribution >= 0.6 is 0 Å². The summed E-state index contributed by atoms with van der Waals surface area (Å²) in [6.07, 6.45) is 3.95. The van der Waals surface area contributed by atoms with E-state index in [-0.39, 0.29) is 0 Å². The fraction of sp³-hybridized carbons (Fsp3) is 0.0476. The molecule has 2 aromatic heterocycles. The first-order valence-corrected chi connectivity index (χ1v) is 8.05. The molecule has 3 heteroatoms. The summed E-state index contributed by atoms with van der Waals surface area (Å²) in [7, 11) is 0. The van der Waals surface area contributed by atoms with Crippen LogP contribution in [0.2, 0.25) is 0 Å². The Hall–Kier alpha value is -3.20. The Morgan fingerprint density at radius 1 is 0.583 bits per heavy atom. The highest BCUT2D eigenvalue weighted by molar-refractivity contribution is 5.67. The van der Waals surface area contributed by atoms with Crippen LogP contribution in [0, 0.1) is 0 Å². The molecule has 0 spiro atoms. The Morgan fingerprint density at radius 2 is 1.08 bits per heavy atom. The van der Waals surface area contributed by atoms with Crippen LogP contribution in [0.1, 0.15) is 22.5 Å². The van der Waals surface area contributed by atoms with Crippen molar-refractivity contribution in [2.45, 2.75) is 5.41 Å². The van der Waals surface area contributed by atoms with Gasteiger partial charge >= 0.3 is 0 Å². The van der Waals surface area contributed by atoms with Crippen LogP contribution in [-0.4, -0.2) is 9.97 Å². The zero-order valence-corrected chi connectivity index (χ0v) is 13.0. The molecule has 1 aliphatic rings. The van der Waals surface area contributed by atoms with Crippen molar-refractivity contribution < 1.29 is 4.74 Å². The van der Waals surface area contributed by atoms with E-state index >= 15 is 0 Å². The highest BCUT2D eigenvalue weighted by Crippen LogP contribution is 2.54. The van der Waals surface area contributed by atoms with E-state index in [9.17, 15) is 0 Å². The fourth-order valence-electron chi connectivity index (χ4n) is 3.85. The third-order valence-corrected chi connectivity index (χ3v) is 4.81. The van der Waals surface area contributed by atoms with E-state index in [0.29, 0.717) is 0 Å². The second kappa shape index (κ2) is 4.90. The Bertz CT molecular complexity index is 903. The third-order valence-electron chi connectivity index (χ3n) is 4.81. The van der Waals surface area contributed by atoms with Crippen LogP contribution in [0.3, 0.4) is 0 Å². The number of nitrogens with one attached hydrogen (secondary N) is 2. The summed E-state index contributed by atoms with van der Waals surface area (Å²) in [5.41, 5.74) is 4.06. The first-order chi connectivity index (χ1) is 11.9. The number of rotatable bonds is 2. The van der Waals surface area contributed by atoms with Crippen molar-refractivity contribution in [3.63, 3.8) is 0 Å². The highest BCUT2D eigenvalue weighted by Gasteiger charge is 2.46. The molecule has 2 N–H and O–H groups in total. The van der Waals surface area contributed by atoms with Crippen molar-refractivity contribution in [3.8, 4) is 11.5 Å². The molecule has 1 aliphatic heterocycles. The van der Waals surface area contributed by atoms with E-state index < -0.39 is 5.41 Å². The van der Waals surface area contributed by atoms with Gasteiger partial charge in [0.15, 0.2) is 0 Å². The lowest BCUT2D eigenvalue weighted by Crippen LogP contribution is -2.34. The van der Waals surface area contributed by atoms with Gasteiger partial charge in [0.25, 0.3) is 0 Å². The molecule has 0 bridgehead atoms. The average Bonchev–Trinajstić information content (AvgIpc) is 3.34. The topological polar surface area (TPSA) is 40.8 Å². The molecule has 3 heterocycles. The second-order valence-electron chi connectivity index (χ2n) is 6.01. The van der Waals surface area contributed by atoms with Gasteiger partial charge in [-0.2, -0.15) is 0 Å². The van der Waals surface area contributed by atoms with Crippen molar-refractivity contribution in [2.24, 2.45) is 0 Å². The monoisotopic (exact) mass is 312 g/mol.